The van der Waals surface area contributed by atoms with Gasteiger partial charge in [0.05, 0.1) is 24.2 Å². The van der Waals surface area contributed by atoms with Gasteiger partial charge in [-0.3, -0.25) is 0 Å². The van der Waals surface area contributed by atoms with Gasteiger partial charge in [-0.25, -0.2) is 14.8 Å². The standard InChI is InChI=1S/C24H27N5O2S/c1-32-22-26-20-14-24(8-6-16-4-2-3-5-17(16)12-24)13-19(20)21(27-22)28-10-11-29(23(30)31)18(15-28)7-9-25/h2-5,18H,6-8,10-15H2,1H3,(H,30,31)/t18-,24+/m0/s1. The number of amides is 1. The maximum Gasteiger partial charge on any atom is 0.407 e. The number of anilines is 1. The molecular weight excluding hydrogens is 422 g/mol. The zero-order valence-electron chi connectivity index (χ0n) is 18.3. The molecule has 0 saturated carbocycles. The van der Waals surface area contributed by atoms with E-state index in [0.717, 1.165) is 48.8 Å². The maximum atomic E-state index is 11.6. The molecule has 1 fully saturated rings. The van der Waals surface area contributed by atoms with Gasteiger partial charge in [0.15, 0.2) is 5.16 Å². The van der Waals surface area contributed by atoms with Crippen molar-refractivity contribution < 1.29 is 9.90 Å². The van der Waals surface area contributed by atoms with Crippen LogP contribution in [-0.2, 0) is 25.7 Å². The third kappa shape index (κ3) is 3.69. The first-order valence-electron chi connectivity index (χ1n) is 11.1. The van der Waals surface area contributed by atoms with Crippen molar-refractivity contribution in [1.29, 1.82) is 5.26 Å². The van der Waals surface area contributed by atoms with E-state index in [-0.39, 0.29) is 17.9 Å². The molecule has 1 aliphatic heterocycles. The zero-order valence-corrected chi connectivity index (χ0v) is 19.1. The smallest absolute Gasteiger partial charge is 0.407 e. The molecule has 1 aromatic heterocycles. The highest BCUT2D eigenvalue weighted by Gasteiger charge is 2.43. The number of hydrogen-bond donors (Lipinski definition) is 1. The predicted octanol–water partition coefficient (Wildman–Crippen LogP) is 3.55. The van der Waals surface area contributed by atoms with E-state index >= 15 is 0 Å². The molecule has 0 unspecified atom stereocenters. The fourth-order valence-electron chi connectivity index (χ4n) is 5.72. The molecule has 2 aromatic rings. The molecule has 32 heavy (non-hydrogen) atoms. The Morgan fingerprint density at radius 3 is 2.81 bits per heavy atom. The molecule has 1 N–H and O–H groups in total. The third-order valence-electron chi connectivity index (χ3n) is 7.29. The summed E-state index contributed by atoms with van der Waals surface area (Å²) in [4.78, 5) is 25.0. The second-order valence-corrected chi connectivity index (χ2v) is 9.97. The maximum absolute atomic E-state index is 11.6. The number of piperazine rings is 1. The molecule has 3 aliphatic rings. The largest absolute Gasteiger partial charge is 0.465 e. The number of benzene rings is 1. The number of nitriles is 1. The van der Waals surface area contributed by atoms with Gasteiger partial charge in [-0.05, 0) is 54.9 Å². The van der Waals surface area contributed by atoms with Gasteiger partial charge in [0.2, 0.25) is 0 Å². The number of carboxylic acid groups (broad SMARTS) is 1. The van der Waals surface area contributed by atoms with E-state index in [4.69, 9.17) is 9.97 Å². The molecule has 2 atom stereocenters. The SMILES string of the molecule is CSc1nc2c(c(N3CCN(C(=O)O)[C@@H](CC#N)C3)n1)C[C@]1(CCc3ccccc3C1)C2. The van der Waals surface area contributed by atoms with Crippen LogP contribution in [0.15, 0.2) is 29.4 Å². The van der Waals surface area contributed by atoms with Crippen molar-refractivity contribution in [3.8, 4) is 6.07 Å². The molecule has 166 valence electrons. The molecule has 0 bridgehead atoms. The number of thioether (sulfide) groups is 1. The van der Waals surface area contributed by atoms with Crippen LogP contribution in [-0.4, -0.2) is 58.0 Å². The number of aryl methyl sites for hydroxylation is 1. The second-order valence-electron chi connectivity index (χ2n) is 9.20. The quantitative estimate of drug-likeness (QED) is 0.566. The molecule has 1 spiro atoms. The molecule has 0 radical (unpaired) electrons. The van der Waals surface area contributed by atoms with Crippen LogP contribution in [0.4, 0.5) is 10.6 Å². The third-order valence-corrected chi connectivity index (χ3v) is 7.84. The van der Waals surface area contributed by atoms with Gasteiger partial charge in [0.1, 0.15) is 5.82 Å². The lowest BCUT2D eigenvalue weighted by Crippen LogP contribution is -2.55. The van der Waals surface area contributed by atoms with Gasteiger partial charge < -0.3 is 14.9 Å². The highest BCUT2D eigenvalue weighted by molar-refractivity contribution is 7.98. The summed E-state index contributed by atoms with van der Waals surface area (Å²) in [5, 5.41) is 19.6. The Kier molecular flexibility index (Phi) is 5.46. The van der Waals surface area contributed by atoms with Crippen LogP contribution in [0.1, 0.15) is 35.2 Å². The van der Waals surface area contributed by atoms with E-state index in [9.17, 15) is 15.2 Å². The minimum absolute atomic E-state index is 0.187. The molecule has 2 heterocycles. The van der Waals surface area contributed by atoms with E-state index in [1.807, 2.05) is 6.26 Å². The molecule has 7 nitrogen and oxygen atoms in total. The van der Waals surface area contributed by atoms with E-state index in [1.165, 1.54) is 21.6 Å². The van der Waals surface area contributed by atoms with Gasteiger partial charge in [-0.2, -0.15) is 5.26 Å². The summed E-state index contributed by atoms with van der Waals surface area (Å²) in [6.07, 6.45) is 6.47. The fraction of sp³-hybridized carbons (Fsp3) is 0.500. The Morgan fingerprint density at radius 2 is 2.06 bits per heavy atom. The number of hydrogen-bond acceptors (Lipinski definition) is 6. The van der Waals surface area contributed by atoms with Crippen LogP contribution in [0.25, 0.3) is 0 Å². The molecule has 1 aromatic carbocycles. The summed E-state index contributed by atoms with van der Waals surface area (Å²) in [6, 6.07) is 10.6. The average Bonchev–Trinajstić information content (AvgIpc) is 3.15. The van der Waals surface area contributed by atoms with E-state index in [0.29, 0.717) is 19.6 Å². The summed E-state index contributed by atoms with van der Waals surface area (Å²) >= 11 is 1.55. The van der Waals surface area contributed by atoms with Crippen molar-refractivity contribution in [2.75, 3.05) is 30.8 Å². The van der Waals surface area contributed by atoms with Crippen LogP contribution in [0.2, 0.25) is 0 Å². The van der Waals surface area contributed by atoms with E-state index < -0.39 is 6.09 Å². The van der Waals surface area contributed by atoms with Gasteiger partial charge >= 0.3 is 6.09 Å². The Labute approximate surface area is 192 Å². The summed E-state index contributed by atoms with van der Waals surface area (Å²) in [5.74, 6) is 0.947. The van der Waals surface area contributed by atoms with Crippen LogP contribution in [0, 0.1) is 16.7 Å². The number of rotatable bonds is 3. The molecule has 2 aliphatic carbocycles. The summed E-state index contributed by atoms with van der Waals surface area (Å²) < 4.78 is 0. The molecule has 8 heteroatoms. The Balaban J connectivity index is 1.46. The van der Waals surface area contributed by atoms with Crippen LogP contribution >= 0.6 is 11.8 Å². The van der Waals surface area contributed by atoms with E-state index in [1.54, 1.807) is 11.8 Å². The van der Waals surface area contributed by atoms with Crippen molar-refractivity contribution in [2.24, 2.45) is 5.41 Å². The second kappa shape index (κ2) is 8.28. The number of fused-ring (bicyclic) bond motifs is 2. The molecular formula is C24H27N5O2S. The van der Waals surface area contributed by atoms with Crippen molar-refractivity contribution in [1.82, 2.24) is 14.9 Å². The van der Waals surface area contributed by atoms with Gasteiger partial charge in [0.25, 0.3) is 0 Å². The van der Waals surface area contributed by atoms with Crippen molar-refractivity contribution >= 4 is 23.7 Å². The number of carbonyl (C=O) groups is 1. The fourth-order valence-corrected chi connectivity index (χ4v) is 6.09. The van der Waals surface area contributed by atoms with Crippen LogP contribution in [0.5, 0.6) is 0 Å². The van der Waals surface area contributed by atoms with Crippen LogP contribution in [0.3, 0.4) is 0 Å². The van der Waals surface area contributed by atoms with E-state index in [2.05, 4.69) is 35.2 Å². The zero-order chi connectivity index (χ0) is 22.3. The highest BCUT2D eigenvalue weighted by atomic mass is 32.2. The minimum atomic E-state index is -0.956. The van der Waals surface area contributed by atoms with Gasteiger partial charge in [0, 0.05) is 25.2 Å². The summed E-state index contributed by atoms with van der Waals surface area (Å²) in [6.45, 7) is 1.46. The summed E-state index contributed by atoms with van der Waals surface area (Å²) in [7, 11) is 0. The normalized spacial score (nSPS) is 24.2. The number of nitrogens with zero attached hydrogens (tertiary/aromatic N) is 5. The highest BCUT2D eigenvalue weighted by Crippen LogP contribution is 2.48. The molecule has 1 amide bonds. The number of aromatic nitrogens is 2. The Bertz CT molecular complexity index is 1100. The monoisotopic (exact) mass is 449 g/mol. The molecule has 5 rings (SSSR count). The predicted molar refractivity (Wildman–Crippen MR) is 123 cm³/mol. The van der Waals surface area contributed by atoms with Crippen LogP contribution < -0.4 is 4.90 Å². The lowest BCUT2D eigenvalue weighted by Gasteiger charge is -2.40. The molecule has 1 saturated heterocycles. The van der Waals surface area contributed by atoms with Crippen molar-refractivity contribution in [3.05, 3.63) is 46.6 Å². The van der Waals surface area contributed by atoms with Crippen molar-refractivity contribution in [2.45, 2.75) is 49.7 Å². The first-order chi connectivity index (χ1) is 15.5. The Hall–Kier alpha value is -2.79. The van der Waals surface area contributed by atoms with Crippen molar-refractivity contribution in [3.63, 3.8) is 0 Å². The average molecular weight is 450 g/mol. The summed E-state index contributed by atoms with van der Waals surface area (Å²) in [5.41, 5.74) is 5.48. The first kappa shape index (κ1) is 21.1. The minimum Gasteiger partial charge on any atom is -0.465 e. The van der Waals surface area contributed by atoms with Gasteiger partial charge in [-0.15, -0.1) is 0 Å². The Morgan fingerprint density at radius 1 is 1.25 bits per heavy atom. The van der Waals surface area contributed by atoms with Gasteiger partial charge in [-0.1, -0.05) is 36.0 Å². The topological polar surface area (TPSA) is 93.4 Å². The lowest BCUT2D eigenvalue weighted by molar-refractivity contribution is 0.119. The first-order valence-corrected chi connectivity index (χ1v) is 12.4. The lowest BCUT2D eigenvalue weighted by atomic mass is 9.70.